The van der Waals surface area contributed by atoms with Gasteiger partial charge in [-0.25, -0.2) is 9.98 Å². The molecule has 0 bridgehead atoms. The lowest BCUT2D eigenvalue weighted by Crippen LogP contribution is -2.17. The van der Waals surface area contributed by atoms with Crippen LogP contribution < -0.4 is 0 Å². The first-order chi connectivity index (χ1) is 31.1. The third-order valence-electron chi connectivity index (χ3n) is 12.7. The van der Waals surface area contributed by atoms with Gasteiger partial charge in [-0.2, -0.15) is 0 Å². The van der Waals surface area contributed by atoms with E-state index in [0.717, 1.165) is 84.3 Å². The van der Waals surface area contributed by atoms with Crippen molar-refractivity contribution in [2.75, 3.05) is 0 Å². The quantitative estimate of drug-likeness (QED) is 0.165. The van der Waals surface area contributed by atoms with Crippen molar-refractivity contribution < 1.29 is 4.42 Å². The molecule has 0 aliphatic carbocycles. The van der Waals surface area contributed by atoms with Crippen LogP contribution in [-0.2, 0) is 0 Å². The Balaban J connectivity index is 1.13. The Bertz CT molecular complexity index is 3640. The summed E-state index contributed by atoms with van der Waals surface area (Å²) in [5, 5.41) is 6.92. The molecule has 298 valence electrons. The van der Waals surface area contributed by atoms with Crippen LogP contribution in [0.3, 0.4) is 0 Å². The number of furan rings is 1. The fraction of sp³-hybridized carbons (Fsp3) is 0.0508. The highest BCUT2D eigenvalue weighted by atomic mass is 16.3. The third-order valence-corrected chi connectivity index (χ3v) is 12.7. The number of aromatic nitrogens is 1. The van der Waals surface area contributed by atoms with E-state index in [2.05, 4.69) is 218 Å². The van der Waals surface area contributed by atoms with Gasteiger partial charge < -0.3 is 8.98 Å². The summed E-state index contributed by atoms with van der Waals surface area (Å²) in [5.41, 5.74) is 14.6. The molecule has 0 spiro atoms. The van der Waals surface area contributed by atoms with Gasteiger partial charge in [0.1, 0.15) is 11.2 Å². The van der Waals surface area contributed by atoms with Crippen LogP contribution >= 0.6 is 0 Å². The molecule has 4 nitrogen and oxygen atoms in total. The van der Waals surface area contributed by atoms with Crippen molar-refractivity contribution in [2.24, 2.45) is 15.9 Å². The van der Waals surface area contributed by atoms with E-state index in [1.807, 2.05) is 6.07 Å². The van der Waals surface area contributed by atoms with Crippen LogP contribution in [0.4, 0.5) is 0 Å². The van der Waals surface area contributed by atoms with Gasteiger partial charge in [0.2, 0.25) is 0 Å². The summed E-state index contributed by atoms with van der Waals surface area (Å²) in [7, 11) is 0. The molecule has 0 N–H and O–H groups in total. The van der Waals surface area contributed by atoms with Gasteiger partial charge in [-0.3, -0.25) is 0 Å². The van der Waals surface area contributed by atoms with Crippen molar-refractivity contribution in [1.29, 1.82) is 0 Å². The minimum absolute atomic E-state index is 0.0727. The maximum absolute atomic E-state index is 6.64. The van der Waals surface area contributed by atoms with E-state index in [4.69, 9.17) is 14.4 Å². The number of para-hydroxylation sites is 2. The molecule has 4 heteroatoms. The predicted molar refractivity (Wildman–Crippen MR) is 264 cm³/mol. The van der Waals surface area contributed by atoms with E-state index in [9.17, 15) is 0 Å². The van der Waals surface area contributed by atoms with E-state index in [1.165, 1.54) is 32.7 Å². The number of rotatable bonds is 6. The molecule has 1 unspecified atom stereocenters. The molecular formula is C59H41N3O. The van der Waals surface area contributed by atoms with Crippen molar-refractivity contribution in [1.82, 2.24) is 4.57 Å². The second-order valence-corrected chi connectivity index (χ2v) is 16.5. The second kappa shape index (κ2) is 15.1. The molecule has 63 heavy (non-hydrogen) atoms. The Kier molecular flexibility index (Phi) is 8.82. The first kappa shape index (κ1) is 36.7. The first-order valence-electron chi connectivity index (χ1n) is 21.7. The molecule has 11 aromatic rings. The lowest BCUT2D eigenvalue weighted by molar-refractivity contribution is 0.669. The predicted octanol–water partition coefficient (Wildman–Crippen LogP) is 15.5. The summed E-state index contributed by atoms with van der Waals surface area (Å²) >= 11 is 0. The Morgan fingerprint density at radius 2 is 1.08 bits per heavy atom. The third kappa shape index (κ3) is 6.38. The van der Waals surface area contributed by atoms with Gasteiger partial charge in [-0.1, -0.05) is 177 Å². The number of benzene rings is 9. The second-order valence-electron chi connectivity index (χ2n) is 16.5. The topological polar surface area (TPSA) is 42.8 Å². The molecule has 12 rings (SSSR count). The van der Waals surface area contributed by atoms with E-state index in [-0.39, 0.29) is 5.92 Å². The molecule has 0 saturated heterocycles. The molecule has 2 aromatic heterocycles. The Labute approximate surface area is 365 Å². The largest absolute Gasteiger partial charge is 0.456 e. The number of fused-ring (bicyclic) bond motifs is 7. The number of allylic oxidation sites excluding steroid dienone is 1. The van der Waals surface area contributed by atoms with E-state index < -0.39 is 0 Å². The maximum atomic E-state index is 6.64. The molecule has 0 fully saturated rings. The van der Waals surface area contributed by atoms with Crippen molar-refractivity contribution in [2.45, 2.75) is 13.3 Å². The smallest absolute Gasteiger partial charge is 0.160 e. The number of amidine groups is 1. The lowest BCUT2D eigenvalue weighted by atomic mass is 9.91. The van der Waals surface area contributed by atoms with Gasteiger partial charge in [0.05, 0.1) is 28.1 Å². The minimum atomic E-state index is 0.0727. The monoisotopic (exact) mass is 807 g/mol. The van der Waals surface area contributed by atoms with E-state index in [1.54, 1.807) is 0 Å². The number of hydrogen-bond donors (Lipinski definition) is 0. The minimum Gasteiger partial charge on any atom is -0.456 e. The molecule has 1 atom stereocenters. The van der Waals surface area contributed by atoms with Crippen LogP contribution in [-0.4, -0.2) is 16.1 Å². The highest BCUT2D eigenvalue weighted by Gasteiger charge is 2.25. The summed E-state index contributed by atoms with van der Waals surface area (Å²) in [6.45, 7) is 2.29. The zero-order chi connectivity index (χ0) is 41.9. The number of aliphatic imine (C=N–C) groups is 2. The van der Waals surface area contributed by atoms with Gasteiger partial charge in [0, 0.05) is 38.6 Å². The lowest BCUT2D eigenvalue weighted by Gasteiger charge is -2.21. The first-order valence-corrected chi connectivity index (χ1v) is 21.7. The number of hydrogen-bond acceptors (Lipinski definition) is 3. The van der Waals surface area contributed by atoms with Crippen molar-refractivity contribution >= 4 is 71.8 Å². The standard InChI is InChI=1S/C59H41N3O/c1-38-27-32-50(60-59(42-30-28-41(29-31-42)39-15-4-2-5-16-39)61-58(38)46-22-14-21-43(35-46)40-17-6-3-7-18-40)57-52(33-34-55-56(57)48-24-11-13-26-54(48)63-55)62-51-25-12-10-23-47(51)49-36-44-19-8-9-20-45(44)37-53(49)62/h2-26,28-38H,27H2,1H3/b50-32+,60-59?,61-58?. The van der Waals surface area contributed by atoms with Gasteiger partial charge in [-0.05, 0) is 87.5 Å². The van der Waals surface area contributed by atoms with Crippen LogP contribution in [0.2, 0.25) is 0 Å². The van der Waals surface area contributed by atoms with E-state index >= 15 is 0 Å². The molecular weight excluding hydrogens is 767 g/mol. The fourth-order valence-electron chi connectivity index (χ4n) is 9.54. The summed E-state index contributed by atoms with van der Waals surface area (Å²) in [6, 6.07) is 73.3. The van der Waals surface area contributed by atoms with Gasteiger partial charge in [0.15, 0.2) is 5.84 Å². The van der Waals surface area contributed by atoms with Gasteiger partial charge in [-0.15, -0.1) is 0 Å². The zero-order valence-corrected chi connectivity index (χ0v) is 34.7. The van der Waals surface area contributed by atoms with Crippen molar-refractivity contribution in [3.05, 3.63) is 229 Å². The SMILES string of the molecule is CC1C/C=C(\c2c(-n3c4ccccc4c4cc5ccccc5cc43)ccc3oc4ccccc4c23)N=C(c2ccc(-c3ccccc3)cc2)N=C1c1cccc(-c2ccccc2)c1. The van der Waals surface area contributed by atoms with Gasteiger partial charge in [0.25, 0.3) is 0 Å². The highest BCUT2D eigenvalue weighted by molar-refractivity contribution is 6.19. The fourth-order valence-corrected chi connectivity index (χ4v) is 9.54. The normalized spacial score (nSPS) is 15.3. The van der Waals surface area contributed by atoms with Crippen LogP contribution in [0.5, 0.6) is 0 Å². The van der Waals surface area contributed by atoms with Gasteiger partial charge >= 0.3 is 0 Å². The molecule has 1 aliphatic rings. The van der Waals surface area contributed by atoms with Crippen molar-refractivity contribution in [3.8, 4) is 27.9 Å². The molecule has 3 heterocycles. The highest BCUT2D eigenvalue weighted by Crippen LogP contribution is 2.43. The molecule has 0 radical (unpaired) electrons. The van der Waals surface area contributed by atoms with Crippen LogP contribution in [0.15, 0.2) is 227 Å². The summed E-state index contributed by atoms with van der Waals surface area (Å²) < 4.78 is 9.08. The van der Waals surface area contributed by atoms with E-state index in [0.29, 0.717) is 5.84 Å². The Morgan fingerprint density at radius 3 is 1.87 bits per heavy atom. The molecule has 0 saturated carbocycles. The van der Waals surface area contributed by atoms with Crippen LogP contribution in [0.1, 0.15) is 30.0 Å². The van der Waals surface area contributed by atoms with Crippen LogP contribution in [0, 0.1) is 5.92 Å². The Morgan fingerprint density at radius 1 is 0.460 bits per heavy atom. The summed E-state index contributed by atoms with van der Waals surface area (Å²) in [5.74, 6) is 0.736. The molecule has 1 aliphatic heterocycles. The molecule has 9 aromatic carbocycles. The molecule has 0 amide bonds. The van der Waals surface area contributed by atoms with Crippen LogP contribution in [0.25, 0.3) is 88.2 Å². The summed E-state index contributed by atoms with van der Waals surface area (Å²) in [6.07, 6.45) is 3.07. The zero-order valence-electron chi connectivity index (χ0n) is 34.7. The summed E-state index contributed by atoms with van der Waals surface area (Å²) in [4.78, 5) is 11.3. The Hall–Kier alpha value is -8.08. The number of nitrogens with zero attached hydrogens (tertiary/aromatic N) is 3. The van der Waals surface area contributed by atoms with Crippen molar-refractivity contribution in [3.63, 3.8) is 0 Å². The average molecular weight is 808 g/mol. The maximum Gasteiger partial charge on any atom is 0.160 e. The average Bonchev–Trinajstić information content (AvgIpc) is 3.88.